The molecule has 1 saturated carbocycles. The Balaban J connectivity index is 1.90. The van der Waals surface area contributed by atoms with Crippen LogP contribution in [0.25, 0.3) is 0 Å². The number of ether oxygens (including phenoxy) is 1. The maximum atomic E-state index is 11.7. The van der Waals surface area contributed by atoms with Crippen molar-refractivity contribution in [3.05, 3.63) is 11.8 Å². The Labute approximate surface area is 117 Å². The fourth-order valence-electron chi connectivity index (χ4n) is 3.59. The minimum Gasteiger partial charge on any atom is -0.481 e. The average Bonchev–Trinajstić information content (AvgIpc) is 2.95. The van der Waals surface area contributed by atoms with E-state index in [0.29, 0.717) is 12.6 Å². The number of methoxy groups -OCH3 is 1. The predicted octanol–water partition coefficient (Wildman–Crippen LogP) is 1.48. The lowest BCUT2D eigenvalue weighted by atomic mass is 9.81. The minimum atomic E-state index is -0.666. The number of carboxylic acid groups (broad SMARTS) is 1. The second-order valence-corrected chi connectivity index (χ2v) is 5.79. The van der Waals surface area contributed by atoms with Crippen molar-refractivity contribution in [2.45, 2.75) is 26.2 Å². The van der Waals surface area contributed by atoms with Crippen LogP contribution in [0.4, 0.5) is 5.82 Å². The van der Waals surface area contributed by atoms with Gasteiger partial charge in [0.15, 0.2) is 0 Å². The summed E-state index contributed by atoms with van der Waals surface area (Å²) in [6, 6.07) is 2.22. The average molecular weight is 277 g/mol. The first-order chi connectivity index (χ1) is 9.55. The second kappa shape index (κ2) is 4.61. The Morgan fingerprint density at radius 3 is 3.00 bits per heavy atom. The van der Waals surface area contributed by atoms with Gasteiger partial charge in [0.25, 0.3) is 0 Å². The van der Waals surface area contributed by atoms with Crippen molar-refractivity contribution in [2.75, 3.05) is 25.1 Å². The molecule has 1 aliphatic heterocycles. The van der Waals surface area contributed by atoms with Crippen LogP contribution in [-0.2, 0) is 4.79 Å². The van der Waals surface area contributed by atoms with Crippen molar-refractivity contribution in [3.8, 4) is 6.01 Å². The molecule has 1 saturated heterocycles. The molecule has 2 fully saturated rings. The lowest BCUT2D eigenvalue weighted by Gasteiger charge is -2.23. The summed E-state index contributed by atoms with van der Waals surface area (Å²) >= 11 is 0. The van der Waals surface area contributed by atoms with Gasteiger partial charge in [-0.3, -0.25) is 4.79 Å². The van der Waals surface area contributed by atoms with Gasteiger partial charge in [-0.15, -0.1) is 0 Å². The van der Waals surface area contributed by atoms with Gasteiger partial charge in [-0.25, -0.2) is 4.98 Å². The molecule has 0 bridgehead atoms. The third kappa shape index (κ3) is 1.90. The van der Waals surface area contributed by atoms with Gasteiger partial charge in [-0.1, -0.05) is 6.42 Å². The Morgan fingerprint density at radius 1 is 1.55 bits per heavy atom. The predicted molar refractivity (Wildman–Crippen MR) is 72.9 cm³/mol. The van der Waals surface area contributed by atoms with E-state index in [2.05, 4.69) is 14.9 Å². The van der Waals surface area contributed by atoms with Crippen molar-refractivity contribution in [1.82, 2.24) is 9.97 Å². The zero-order chi connectivity index (χ0) is 14.3. The lowest BCUT2D eigenvalue weighted by Crippen LogP contribution is -2.35. The highest BCUT2D eigenvalue weighted by molar-refractivity contribution is 5.77. The SMILES string of the molecule is COc1nc(C)cc(N2C[C@@H]3CCC[C@@]3(C(=O)O)C2)n1. The number of nitrogens with zero attached hydrogens (tertiary/aromatic N) is 3. The van der Waals surface area contributed by atoms with E-state index in [1.165, 1.54) is 7.11 Å². The topological polar surface area (TPSA) is 75.5 Å². The summed E-state index contributed by atoms with van der Waals surface area (Å²) in [7, 11) is 1.54. The minimum absolute atomic E-state index is 0.223. The summed E-state index contributed by atoms with van der Waals surface area (Å²) in [5.74, 6) is 0.325. The van der Waals surface area contributed by atoms with E-state index >= 15 is 0 Å². The lowest BCUT2D eigenvalue weighted by molar-refractivity contribution is -0.149. The summed E-state index contributed by atoms with van der Waals surface area (Å²) in [4.78, 5) is 22.3. The van der Waals surface area contributed by atoms with Gasteiger partial charge >= 0.3 is 12.0 Å². The summed E-state index contributed by atoms with van der Waals surface area (Å²) in [6.45, 7) is 3.18. The monoisotopic (exact) mass is 277 g/mol. The number of hydrogen-bond acceptors (Lipinski definition) is 5. The molecular weight excluding hydrogens is 258 g/mol. The largest absolute Gasteiger partial charge is 0.481 e. The molecule has 1 aromatic rings. The fourth-order valence-corrected chi connectivity index (χ4v) is 3.59. The van der Waals surface area contributed by atoms with Gasteiger partial charge in [0.1, 0.15) is 5.82 Å². The molecule has 2 aliphatic rings. The summed E-state index contributed by atoms with van der Waals surface area (Å²) in [5.41, 5.74) is 0.236. The van der Waals surface area contributed by atoms with E-state index in [4.69, 9.17) is 4.74 Å². The molecule has 2 heterocycles. The molecule has 1 aromatic heterocycles. The molecule has 6 nitrogen and oxygen atoms in total. The number of aromatic nitrogens is 2. The zero-order valence-corrected chi connectivity index (χ0v) is 11.8. The molecule has 2 atom stereocenters. The molecule has 0 radical (unpaired) electrons. The first-order valence-corrected chi connectivity index (χ1v) is 6.93. The molecule has 0 amide bonds. The number of anilines is 1. The highest BCUT2D eigenvalue weighted by Gasteiger charge is 2.55. The van der Waals surface area contributed by atoms with Crippen molar-refractivity contribution in [1.29, 1.82) is 0 Å². The van der Waals surface area contributed by atoms with Gasteiger partial charge in [-0.2, -0.15) is 4.98 Å². The van der Waals surface area contributed by atoms with Crippen LogP contribution < -0.4 is 9.64 Å². The van der Waals surface area contributed by atoms with E-state index in [1.807, 2.05) is 13.0 Å². The number of aryl methyl sites for hydroxylation is 1. The number of rotatable bonds is 3. The van der Waals surface area contributed by atoms with E-state index in [0.717, 1.165) is 37.3 Å². The summed E-state index contributed by atoms with van der Waals surface area (Å²) in [6.07, 6.45) is 2.77. The molecule has 3 rings (SSSR count). The zero-order valence-electron chi connectivity index (χ0n) is 11.8. The van der Waals surface area contributed by atoms with Crippen molar-refractivity contribution in [3.63, 3.8) is 0 Å². The van der Waals surface area contributed by atoms with Gasteiger partial charge in [0, 0.05) is 24.8 Å². The van der Waals surface area contributed by atoms with E-state index in [-0.39, 0.29) is 5.92 Å². The number of fused-ring (bicyclic) bond motifs is 1. The first-order valence-electron chi connectivity index (χ1n) is 6.93. The first kappa shape index (κ1) is 13.1. The molecule has 6 heteroatoms. The van der Waals surface area contributed by atoms with E-state index in [9.17, 15) is 9.90 Å². The van der Waals surface area contributed by atoms with Crippen LogP contribution in [0.1, 0.15) is 25.0 Å². The maximum Gasteiger partial charge on any atom is 0.318 e. The smallest absolute Gasteiger partial charge is 0.318 e. The summed E-state index contributed by atoms with van der Waals surface area (Å²) in [5, 5.41) is 9.61. The van der Waals surface area contributed by atoms with Crippen LogP contribution in [0.15, 0.2) is 6.07 Å². The van der Waals surface area contributed by atoms with Gasteiger partial charge in [0.05, 0.1) is 12.5 Å². The van der Waals surface area contributed by atoms with Crippen LogP contribution in [0.2, 0.25) is 0 Å². The summed E-state index contributed by atoms with van der Waals surface area (Å²) < 4.78 is 5.10. The highest BCUT2D eigenvalue weighted by Crippen LogP contribution is 2.49. The molecule has 20 heavy (non-hydrogen) atoms. The van der Waals surface area contributed by atoms with E-state index < -0.39 is 11.4 Å². The van der Waals surface area contributed by atoms with Crippen molar-refractivity contribution >= 4 is 11.8 Å². The van der Waals surface area contributed by atoms with Crippen LogP contribution in [0, 0.1) is 18.3 Å². The third-order valence-electron chi connectivity index (χ3n) is 4.62. The number of carbonyl (C=O) groups is 1. The molecule has 0 aromatic carbocycles. The Bertz CT molecular complexity index is 548. The standard InChI is InChI=1S/C14H19N3O3/c1-9-6-11(16-13(15-9)20-2)17-7-10-4-3-5-14(10,8-17)12(18)19/h6,10H,3-5,7-8H2,1-2H3,(H,18,19)/t10-,14+/m0/s1. The quantitative estimate of drug-likeness (QED) is 0.902. The molecule has 0 spiro atoms. The maximum absolute atomic E-state index is 11.7. The highest BCUT2D eigenvalue weighted by atomic mass is 16.5. The van der Waals surface area contributed by atoms with Crippen LogP contribution >= 0.6 is 0 Å². The third-order valence-corrected chi connectivity index (χ3v) is 4.62. The Hall–Kier alpha value is -1.85. The fraction of sp³-hybridized carbons (Fsp3) is 0.643. The molecule has 1 aliphatic carbocycles. The second-order valence-electron chi connectivity index (χ2n) is 5.79. The Morgan fingerprint density at radius 2 is 2.35 bits per heavy atom. The number of hydrogen-bond donors (Lipinski definition) is 1. The molecule has 108 valence electrons. The molecule has 0 unspecified atom stereocenters. The van der Waals surface area contributed by atoms with Crippen LogP contribution in [-0.4, -0.2) is 41.2 Å². The number of aliphatic carboxylic acids is 1. The molecular formula is C14H19N3O3. The Kier molecular flexibility index (Phi) is 3.03. The molecule has 1 N–H and O–H groups in total. The van der Waals surface area contributed by atoms with Gasteiger partial charge in [-0.05, 0) is 25.7 Å². The van der Waals surface area contributed by atoms with E-state index in [1.54, 1.807) is 0 Å². The number of carboxylic acids is 1. The van der Waals surface area contributed by atoms with Gasteiger partial charge < -0.3 is 14.7 Å². The van der Waals surface area contributed by atoms with Crippen molar-refractivity contribution in [2.24, 2.45) is 11.3 Å². The van der Waals surface area contributed by atoms with Gasteiger partial charge in [0.2, 0.25) is 0 Å². The normalized spacial score (nSPS) is 28.5. The van der Waals surface area contributed by atoms with Crippen molar-refractivity contribution < 1.29 is 14.6 Å². The van der Waals surface area contributed by atoms with Crippen LogP contribution in [0.5, 0.6) is 6.01 Å². The van der Waals surface area contributed by atoms with Crippen LogP contribution in [0.3, 0.4) is 0 Å².